The first-order valence-electron chi connectivity index (χ1n) is 6.35. The Hall–Kier alpha value is -2.15. The monoisotopic (exact) mass is 329 g/mol. The molecular weight excluding hydrogens is 316 g/mol. The number of amides is 1. The molecule has 1 N–H and O–H groups in total. The predicted octanol–water partition coefficient (Wildman–Crippen LogP) is 3.54. The van der Waals surface area contributed by atoms with E-state index in [0.29, 0.717) is 16.9 Å². The van der Waals surface area contributed by atoms with Crippen LogP contribution in [0.25, 0.3) is 0 Å². The van der Waals surface area contributed by atoms with Crippen LogP contribution in [-0.2, 0) is 7.05 Å². The second-order valence-electron chi connectivity index (χ2n) is 4.65. The lowest BCUT2D eigenvalue weighted by molar-refractivity contribution is -0.0497. The number of nitrogens with one attached hydrogen (secondary N) is 1. The fourth-order valence-electron chi connectivity index (χ4n) is 2.07. The number of aromatic nitrogens is 2. The lowest BCUT2D eigenvalue weighted by Crippen LogP contribution is -2.14. The lowest BCUT2D eigenvalue weighted by atomic mass is 10.2. The summed E-state index contributed by atoms with van der Waals surface area (Å²) < 4.78 is 30.2. The second-order valence-corrected chi connectivity index (χ2v) is 5.05. The van der Waals surface area contributed by atoms with Crippen LogP contribution in [0.1, 0.15) is 21.7 Å². The Morgan fingerprint density at radius 3 is 2.59 bits per heavy atom. The van der Waals surface area contributed by atoms with Gasteiger partial charge in [0.25, 0.3) is 5.91 Å². The number of nitrogens with zero attached hydrogens (tertiary/aromatic N) is 2. The molecule has 0 aliphatic rings. The van der Waals surface area contributed by atoms with Gasteiger partial charge in [-0.3, -0.25) is 9.48 Å². The zero-order valence-electron chi connectivity index (χ0n) is 12.2. The first-order valence-corrected chi connectivity index (χ1v) is 6.73. The maximum atomic E-state index is 12.3. The van der Waals surface area contributed by atoms with E-state index in [9.17, 15) is 13.6 Å². The van der Waals surface area contributed by atoms with Crippen LogP contribution < -0.4 is 10.1 Å². The molecular formula is C14H14ClF2N3O2. The highest BCUT2D eigenvalue weighted by Crippen LogP contribution is 2.29. The number of anilines is 1. The summed E-state index contributed by atoms with van der Waals surface area (Å²) in [7, 11) is 1.74. The maximum Gasteiger partial charge on any atom is 0.387 e. The Morgan fingerprint density at radius 1 is 1.41 bits per heavy atom. The van der Waals surface area contributed by atoms with Gasteiger partial charge in [-0.15, -0.1) is 0 Å². The minimum Gasteiger partial charge on any atom is -0.433 e. The first kappa shape index (κ1) is 16.2. The van der Waals surface area contributed by atoms with E-state index in [1.54, 1.807) is 25.6 Å². The summed E-state index contributed by atoms with van der Waals surface area (Å²) >= 11 is 5.84. The Kier molecular flexibility index (Phi) is 4.65. The van der Waals surface area contributed by atoms with Crippen LogP contribution in [0, 0.1) is 13.8 Å². The summed E-state index contributed by atoms with van der Waals surface area (Å²) in [4.78, 5) is 12.3. The molecule has 8 heteroatoms. The number of hydrogen-bond donors (Lipinski definition) is 1. The van der Waals surface area contributed by atoms with Crippen molar-refractivity contribution in [1.82, 2.24) is 9.78 Å². The van der Waals surface area contributed by atoms with Gasteiger partial charge < -0.3 is 10.1 Å². The molecule has 0 radical (unpaired) electrons. The van der Waals surface area contributed by atoms with Crippen LogP contribution in [0.5, 0.6) is 5.75 Å². The van der Waals surface area contributed by atoms with E-state index in [-0.39, 0.29) is 16.7 Å². The molecule has 2 rings (SSSR count). The van der Waals surface area contributed by atoms with Gasteiger partial charge in [-0.25, -0.2) is 0 Å². The molecule has 22 heavy (non-hydrogen) atoms. The Bertz CT molecular complexity index is 716. The van der Waals surface area contributed by atoms with Crippen molar-refractivity contribution in [3.63, 3.8) is 0 Å². The van der Waals surface area contributed by atoms with Gasteiger partial charge in [0.1, 0.15) is 5.75 Å². The summed E-state index contributed by atoms with van der Waals surface area (Å²) in [5.41, 5.74) is 2.16. The highest BCUT2D eigenvalue weighted by atomic mass is 35.5. The van der Waals surface area contributed by atoms with Gasteiger partial charge in [0.2, 0.25) is 0 Å². The number of alkyl halides is 2. The van der Waals surface area contributed by atoms with E-state index in [4.69, 9.17) is 11.6 Å². The van der Waals surface area contributed by atoms with Crippen molar-refractivity contribution in [1.29, 1.82) is 0 Å². The standard InChI is InChI=1S/C14H14ClF2N3O2/c1-7-12(8(2)20(3)19-7)13(21)18-9-4-5-11(10(15)6-9)22-14(16)17/h4-6,14H,1-3H3,(H,18,21). The van der Waals surface area contributed by atoms with E-state index in [0.717, 1.165) is 5.69 Å². The smallest absolute Gasteiger partial charge is 0.387 e. The van der Waals surface area contributed by atoms with E-state index >= 15 is 0 Å². The van der Waals surface area contributed by atoms with Crippen LogP contribution in [0.3, 0.4) is 0 Å². The van der Waals surface area contributed by atoms with Crippen LogP contribution in [0.4, 0.5) is 14.5 Å². The quantitative estimate of drug-likeness (QED) is 0.933. The zero-order chi connectivity index (χ0) is 16.4. The minimum absolute atomic E-state index is 0.0160. The number of hydrogen-bond acceptors (Lipinski definition) is 3. The molecule has 5 nitrogen and oxygen atoms in total. The summed E-state index contributed by atoms with van der Waals surface area (Å²) in [5.74, 6) is -0.495. The van der Waals surface area contributed by atoms with Crippen LogP contribution >= 0.6 is 11.6 Å². The molecule has 0 fully saturated rings. The summed E-state index contributed by atoms with van der Waals surface area (Å²) in [6.07, 6.45) is 0. The third-order valence-corrected chi connectivity index (χ3v) is 3.44. The molecule has 0 unspecified atom stereocenters. The summed E-state index contributed by atoms with van der Waals surface area (Å²) in [6, 6.07) is 4.05. The van der Waals surface area contributed by atoms with Gasteiger partial charge in [0.15, 0.2) is 0 Å². The second kappa shape index (κ2) is 6.31. The number of rotatable bonds is 4. The highest BCUT2D eigenvalue weighted by molar-refractivity contribution is 6.32. The average Bonchev–Trinajstić information content (AvgIpc) is 2.66. The molecule has 1 heterocycles. The first-order chi connectivity index (χ1) is 10.3. The number of halogens is 3. The molecule has 0 atom stereocenters. The molecule has 0 aliphatic carbocycles. The summed E-state index contributed by atoms with van der Waals surface area (Å²) in [5, 5.41) is 6.80. The molecule has 0 spiro atoms. The SMILES string of the molecule is Cc1nn(C)c(C)c1C(=O)Nc1ccc(OC(F)F)c(Cl)c1. The van der Waals surface area contributed by atoms with Crippen molar-refractivity contribution in [3.8, 4) is 5.75 Å². The van der Waals surface area contributed by atoms with Crippen molar-refractivity contribution in [2.45, 2.75) is 20.5 Å². The Balaban J connectivity index is 2.20. The van der Waals surface area contributed by atoms with Gasteiger partial charge in [0, 0.05) is 18.4 Å². The number of benzene rings is 1. The number of carbonyl (C=O) groups is 1. The van der Waals surface area contributed by atoms with Crippen molar-refractivity contribution >= 4 is 23.2 Å². The van der Waals surface area contributed by atoms with E-state index in [1.807, 2.05) is 0 Å². The van der Waals surface area contributed by atoms with Crippen LogP contribution in [-0.4, -0.2) is 22.3 Å². The van der Waals surface area contributed by atoms with E-state index in [2.05, 4.69) is 15.2 Å². The third-order valence-electron chi connectivity index (χ3n) is 3.14. The van der Waals surface area contributed by atoms with Gasteiger partial charge >= 0.3 is 6.61 Å². The van der Waals surface area contributed by atoms with E-state index < -0.39 is 6.61 Å². The Morgan fingerprint density at radius 2 is 2.09 bits per heavy atom. The van der Waals surface area contributed by atoms with Crippen LogP contribution in [0.15, 0.2) is 18.2 Å². The lowest BCUT2D eigenvalue weighted by Gasteiger charge is -2.10. The molecule has 1 aromatic heterocycles. The zero-order valence-corrected chi connectivity index (χ0v) is 12.9. The average molecular weight is 330 g/mol. The van der Waals surface area contributed by atoms with Crippen molar-refractivity contribution in [3.05, 3.63) is 40.2 Å². The molecule has 2 aromatic rings. The normalized spacial score (nSPS) is 10.9. The molecule has 0 saturated carbocycles. The molecule has 118 valence electrons. The number of aryl methyl sites for hydroxylation is 2. The molecule has 0 saturated heterocycles. The van der Waals surface area contributed by atoms with E-state index in [1.165, 1.54) is 18.2 Å². The highest BCUT2D eigenvalue weighted by Gasteiger charge is 2.18. The largest absolute Gasteiger partial charge is 0.433 e. The Labute approximate surface area is 130 Å². The predicted molar refractivity (Wildman–Crippen MR) is 78.7 cm³/mol. The molecule has 1 aromatic carbocycles. The van der Waals surface area contributed by atoms with Gasteiger partial charge in [-0.2, -0.15) is 13.9 Å². The fraction of sp³-hybridized carbons (Fsp3) is 0.286. The fourth-order valence-corrected chi connectivity index (χ4v) is 2.29. The topological polar surface area (TPSA) is 56.2 Å². The summed E-state index contributed by atoms with van der Waals surface area (Å²) in [6.45, 7) is 0.550. The van der Waals surface area contributed by atoms with Crippen molar-refractivity contribution in [2.24, 2.45) is 7.05 Å². The molecule has 0 bridgehead atoms. The van der Waals surface area contributed by atoms with Crippen LogP contribution in [0.2, 0.25) is 5.02 Å². The number of carbonyl (C=O) groups excluding carboxylic acids is 1. The van der Waals surface area contributed by atoms with Gasteiger partial charge in [-0.05, 0) is 32.0 Å². The van der Waals surface area contributed by atoms with Crippen molar-refractivity contribution < 1.29 is 18.3 Å². The third kappa shape index (κ3) is 3.36. The number of ether oxygens (including phenoxy) is 1. The molecule has 0 aliphatic heterocycles. The molecule has 1 amide bonds. The van der Waals surface area contributed by atoms with Gasteiger partial charge in [-0.1, -0.05) is 11.6 Å². The minimum atomic E-state index is -2.96. The van der Waals surface area contributed by atoms with Crippen molar-refractivity contribution in [2.75, 3.05) is 5.32 Å². The maximum absolute atomic E-state index is 12.3. The van der Waals surface area contributed by atoms with Gasteiger partial charge in [0.05, 0.1) is 16.3 Å².